The Morgan fingerprint density at radius 2 is 2.00 bits per heavy atom. The Bertz CT molecular complexity index is 855. The van der Waals surface area contributed by atoms with Crippen molar-refractivity contribution in [2.24, 2.45) is 11.8 Å². The van der Waals surface area contributed by atoms with E-state index in [1.165, 1.54) is 6.33 Å². The molecule has 8 heteroatoms. The Morgan fingerprint density at radius 3 is 2.64 bits per heavy atom. The topological polar surface area (TPSA) is 81.3 Å². The third kappa shape index (κ3) is 4.05. The van der Waals surface area contributed by atoms with E-state index in [0.29, 0.717) is 29.0 Å². The maximum Gasteiger partial charge on any atom is 0.271 e. The third-order valence-corrected chi connectivity index (χ3v) is 6.10. The number of hydrogen-bond acceptors (Lipinski definition) is 4. The van der Waals surface area contributed by atoms with Crippen LogP contribution in [-0.4, -0.2) is 64.3 Å². The van der Waals surface area contributed by atoms with E-state index in [1.807, 2.05) is 24.0 Å². The van der Waals surface area contributed by atoms with E-state index in [-0.39, 0.29) is 11.8 Å². The second kappa shape index (κ2) is 7.93. The van der Waals surface area contributed by atoms with Gasteiger partial charge in [0.25, 0.3) is 5.91 Å². The van der Waals surface area contributed by atoms with E-state index in [4.69, 9.17) is 11.6 Å². The van der Waals surface area contributed by atoms with Gasteiger partial charge in [-0.2, -0.15) is 0 Å². The standard InChI is InChI=1S/C20H24ClN5O2/c1-13-2-3-16(6-17(13)21)24-19(27)4-5-25-8-14-10-26(11-15(14)9-25)20(28)18-7-22-12-23-18/h2-3,6-7,12,14-15H,4-5,8-11H2,1H3,(H,22,23)(H,24,27). The first kappa shape index (κ1) is 19.0. The van der Waals surface area contributed by atoms with Crippen LogP contribution in [0.5, 0.6) is 0 Å². The van der Waals surface area contributed by atoms with Gasteiger partial charge in [0.1, 0.15) is 5.69 Å². The molecule has 2 amide bonds. The number of hydrogen-bond donors (Lipinski definition) is 2. The van der Waals surface area contributed by atoms with Crippen molar-refractivity contribution in [1.29, 1.82) is 0 Å². The van der Waals surface area contributed by atoms with Crippen molar-refractivity contribution in [3.8, 4) is 0 Å². The predicted octanol–water partition coefficient (Wildman–Crippen LogP) is 2.40. The lowest BCUT2D eigenvalue weighted by Gasteiger charge is -2.21. The van der Waals surface area contributed by atoms with Crippen LogP contribution in [0.15, 0.2) is 30.7 Å². The fourth-order valence-corrected chi connectivity index (χ4v) is 4.32. The SMILES string of the molecule is Cc1ccc(NC(=O)CCN2CC3CN(C(=O)c4cnc[nH]4)CC3C2)cc1Cl. The van der Waals surface area contributed by atoms with Crippen LogP contribution in [0.1, 0.15) is 22.5 Å². The summed E-state index contributed by atoms with van der Waals surface area (Å²) in [6, 6.07) is 5.54. The molecule has 2 atom stereocenters. The van der Waals surface area contributed by atoms with Gasteiger partial charge in [-0.25, -0.2) is 4.98 Å². The van der Waals surface area contributed by atoms with Crippen LogP contribution >= 0.6 is 11.6 Å². The van der Waals surface area contributed by atoms with E-state index in [2.05, 4.69) is 20.2 Å². The summed E-state index contributed by atoms with van der Waals surface area (Å²) < 4.78 is 0. The van der Waals surface area contributed by atoms with E-state index in [1.54, 1.807) is 12.3 Å². The number of aromatic nitrogens is 2. The molecule has 7 nitrogen and oxygen atoms in total. The zero-order valence-corrected chi connectivity index (χ0v) is 16.6. The number of rotatable bonds is 5. The van der Waals surface area contributed by atoms with Gasteiger partial charge in [0, 0.05) is 49.9 Å². The van der Waals surface area contributed by atoms with Crippen LogP contribution in [0.2, 0.25) is 5.02 Å². The summed E-state index contributed by atoms with van der Waals surface area (Å²) in [6.07, 6.45) is 3.55. The van der Waals surface area contributed by atoms with Gasteiger partial charge in [0.2, 0.25) is 5.91 Å². The van der Waals surface area contributed by atoms with Gasteiger partial charge in [-0.15, -0.1) is 0 Å². The third-order valence-electron chi connectivity index (χ3n) is 5.69. The largest absolute Gasteiger partial charge is 0.341 e. The molecular weight excluding hydrogens is 378 g/mol. The molecule has 2 N–H and O–H groups in total. The van der Waals surface area contributed by atoms with Crippen molar-refractivity contribution < 1.29 is 9.59 Å². The molecule has 0 saturated carbocycles. The van der Waals surface area contributed by atoms with Gasteiger partial charge in [0.05, 0.1) is 12.5 Å². The Labute approximate surface area is 169 Å². The number of benzene rings is 1. The number of anilines is 1. The second-order valence-electron chi connectivity index (χ2n) is 7.72. The zero-order valence-electron chi connectivity index (χ0n) is 15.8. The number of amides is 2. The van der Waals surface area contributed by atoms with Crippen LogP contribution in [-0.2, 0) is 4.79 Å². The van der Waals surface area contributed by atoms with Crippen molar-refractivity contribution in [2.75, 3.05) is 38.0 Å². The molecular formula is C20H24ClN5O2. The lowest BCUT2D eigenvalue weighted by molar-refractivity contribution is -0.116. The normalized spacial score (nSPS) is 21.7. The number of carbonyl (C=O) groups is 2. The summed E-state index contributed by atoms with van der Waals surface area (Å²) in [5, 5.41) is 3.56. The lowest BCUT2D eigenvalue weighted by atomic mass is 10.0. The Kier molecular flexibility index (Phi) is 5.37. The number of halogens is 1. The first-order chi connectivity index (χ1) is 13.5. The van der Waals surface area contributed by atoms with Crippen molar-refractivity contribution in [3.63, 3.8) is 0 Å². The Hall–Kier alpha value is -2.38. The van der Waals surface area contributed by atoms with E-state index < -0.39 is 0 Å². The molecule has 0 bridgehead atoms. The molecule has 4 rings (SSSR count). The molecule has 148 valence electrons. The average molecular weight is 402 g/mol. The number of aromatic amines is 1. The molecule has 0 spiro atoms. The van der Waals surface area contributed by atoms with E-state index in [0.717, 1.165) is 44.0 Å². The highest BCUT2D eigenvalue weighted by Gasteiger charge is 2.41. The highest BCUT2D eigenvalue weighted by atomic mass is 35.5. The summed E-state index contributed by atoms with van der Waals surface area (Å²) in [4.78, 5) is 35.7. The number of carbonyl (C=O) groups excluding carboxylic acids is 2. The molecule has 2 aliphatic heterocycles. The van der Waals surface area contributed by atoms with Gasteiger partial charge in [-0.3, -0.25) is 9.59 Å². The molecule has 2 fully saturated rings. The number of aryl methyl sites for hydroxylation is 1. The molecule has 0 radical (unpaired) electrons. The maximum atomic E-state index is 12.4. The number of H-pyrrole nitrogens is 1. The number of fused-ring (bicyclic) bond motifs is 1. The van der Waals surface area contributed by atoms with Crippen molar-refractivity contribution in [2.45, 2.75) is 13.3 Å². The first-order valence-corrected chi connectivity index (χ1v) is 9.93. The molecule has 2 aromatic rings. The van der Waals surface area contributed by atoms with Gasteiger partial charge < -0.3 is 20.1 Å². The van der Waals surface area contributed by atoms with Crippen molar-refractivity contribution in [1.82, 2.24) is 19.8 Å². The van der Waals surface area contributed by atoms with E-state index >= 15 is 0 Å². The van der Waals surface area contributed by atoms with Crippen LogP contribution in [0.4, 0.5) is 5.69 Å². The average Bonchev–Trinajstić information content (AvgIpc) is 3.38. The van der Waals surface area contributed by atoms with Crippen LogP contribution in [0.3, 0.4) is 0 Å². The van der Waals surface area contributed by atoms with Crippen LogP contribution < -0.4 is 5.32 Å². The second-order valence-corrected chi connectivity index (χ2v) is 8.12. The highest BCUT2D eigenvalue weighted by Crippen LogP contribution is 2.31. The fraction of sp³-hybridized carbons (Fsp3) is 0.450. The maximum absolute atomic E-state index is 12.4. The summed E-state index contributed by atoms with van der Waals surface area (Å²) in [5.74, 6) is 0.972. The minimum atomic E-state index is -0.00646. The molecule has 1 aromatic heterocycles. The van der Waals surface area contributed by atoms with Crippen molar-refractivity contribution >= 4 is 29.1 Å². The number of nitrogens with zero attached hydrogens (tertiary/aromatic N) is 3. The molecule has 2 aliphatic rings. The molecule has 28 heavy (non-hydrogen) atoms. The number of likely N-dealkylation sites (tertiary alicyclic amines) is 2. The molecule has 3 heterocycles. The quantitative estimate of drug-likeness (QED) is 0.806. The minimum Gasteiger partial charge on any atom is -0.341 e. The Morgan fingerprint density at radius 1 is 1.25 bits per heavy atom. The highest BCUT2D eigenvalue weighted by molar-refractivity contribution is 6.31. The number of imidazole rings is 1. The Balaban J connectivity index is 1.22. The number of nitrogens with one attached hydrogen (secondary N) is 2. The smallest absolute Gasteiger partial charge is 0.271 e. The monoisotopic (exact) mass is 401 g/mol. The van der Waals surface area contributed by atoms with Gasteiger partial charge in [-0.05, 0) is 36.5 Å². The summed E-state index contributed by atoms with van der Waals surface area (Å²) in [7, 11) is 0. The first-order valence-electron chi connectivity index (χ1n) is 9.55. The lowest BCUT2D eigenvalue weighted by Crippen LogP contribution is -2.34. The molecule has 2 unspecified atom stereocenters. The van der Waals surface area contributed by atoms with Crippen molar-refractivity contribution in [3.05, 3.63) is 47.0 Å². The molecule has 1 aromatic carbocycles. The summed E-state index contributed by atoms with van der Waals surface area (Å²) in [6.45, 7) is 6.07. The van der Waals surface area contributed by atoms with Gasteiger partial charge >= 0.3 is 0 Å². The van der Waals surface area contributed by atoms with Gasteiger partial charge in [0.15, 0.2) is 0 Å². The molecule has 0 aliphatic carbocycles. The van der Waals surface area contributed by atoms with Crippen LogP contribution in [0.25, 0.3) is 0 Å². The van der Waals surface area contributed by atoms with E-state index in [9.17, 15) is 9.59 Å². The van der Waals surface area contributed by atoms with Crippen LogP contribution in [0, 0.1) is 18.8 Å². The predicted molar refractivity (Wildman–Crippen MR) is 107 cm³/mol. The fourth-order valence-electron chi connectivity index (χ4n) is 4.14. The summed E-state index contributed by atoms with van der Waals surface area (Å²) >= 11 is 6.11. The minimum absolute atomic E-state index is 0.00646. The molecule has 2 saturated heterocycles. The zero-order chi connectivity index (χ0) is 19.7. The summed E-state index contributed by atoms with van der Waals surface area (Å²) in [5.41, 5.74) is 2.26. The van der Waals surface area contributed by atoms with Gasteiger partial charge in [-0.1, -0.05) is 17.7 Å².